The number of aryl methyl sites for hydroxylation is 1. The van der Waals surface area contributed by atoms with Crippen molar-refractivity contribution in [2.24, 2.45) is 0 Å². The average molecular weight is 711 g/mol. The highest BCUT2D eigenvalue weighted by molar-refractivity contribution is 8.00. The molecule has 0 radical (unpaired) electrons. The summed E-state index contributed by atoms with van der Waals surface area (Å²) in [5.74, 6) is -2.60. The van der Waals surface area contributed by atoms with E-state index in [-0.39, 0.29) is 17.2 Å². The molecular formula is C38H29Cl2N3O5S. The maximum absolute atomic E-state index is 13.7. The van der Waals surface area contributed by atoms with Crippen LogP contribution in [-0.4, -0.2) is 28.8 Å². The maximum Gasteiger partial charge on any atom is 0.335 e. The Bertz CT molecular complexity index is 2040. The quantitative estimate of drug-likeness (QED) is 0.0802. The molecule has 0 aliphatic heterocycles. The highest BCUT2D eigenvalue weighted by Crippen LogP contribution is 2.37. The number of hydrogen-bond donors (Lipinski definition) is 4. The van der Waals surface area contributed by atoms with Crippen LogP contribution in [0.4, 0.5) is 11.4 Å². The summed E-state index contributed by atoms with van der Waals surface area (Å²) in [5, 5.41) is 17.7. The van der Waals surface area contributed by atoms with E-state index >= 15 is 0 Å². The summed E-state index contributed by atoms with van der Waals surface area (Å²) >= 11 is 14.0. The van der Waals surface area contributed by atoms with Crippen LogP contribution >= 0.6 is 35.0 Å². The van der Waals surface area contributed by atoms with Gasteiger partial charge in [0.15, 0.2) is 0 Å². The van der Waals surface area contributed by atoms with Crippen LogP contribution < -0.4 is 16.0 Å². The molecule has 0 saturated heterocycles. The Morgan fingerprint density at radius 1 is 0.735 bits per heavy atom. The first kappa shape index (κ1) is 35.0. The second-order valence-corrected chi connectivity index (χ2v) is 12.7. The monoisotopic (exact) mass is 709 g/mol. The molecule has 0 heterocycles. The van der Waals surface area contributed by atoms with Gasteiger partial charge in [-0.25, -0.2) is 4.79 Å². The van der Waals surface area contributed by atoms with E-state index in [4.69, 9.17) is 23.2 Å². The molecule has 0 bridgehead atoms. The molecular weight excluding hydrogens is 681 g/mol. The number of halogens is 2. The highest BCUT2D eigenvalue weighted by Gasteiger charge is 2.24. The van der Waals surface area contributed by atoms with Gasteiger partial charge in [0.25, 0.3) is 11.8 Å². The molecule has 5 aromatic carbocycles. The summed E-state index contributed by atoms with van der Waals surface area (Å²) in [7, 11) is 0. The van der Waals surface area contributed by atoms with Gasteiger partial charge in [0, 0.05) is 37.4 Å². The van der Waals surface area contributed by atoms with Gasteiger partial charge in [0.2, 0.25) is 5.91 Å². The van der Waals surface area contributed by atoms with E-state index in [1.54, 1.807) is 85.8 Å². The molecule has 0 spiro atoms. The summed E-state index contributed by atoms with van der Waals surface area (Å²) < 4.78 is 0. The average Bonchev–Trinajstić information content (AvgIpc) is 3.10. The van der Waals surface area contributed by atoms with Gasteiger partial charge in [-0.05, 0) is 78.7 Å². The number of rotatable bonds is 11. The van der Waals surface area contributed by atoms with Crippen LogP contribution in [0.3, 0.4) is 0 Å². The number of carbonyl (C=O) groups excluding carboxylic acids is 3. The first-order chi connectivity index (χ1) is 23.6. The Hall–Kier alpha value is -5.35. The zero-order chi connectivity index (χ0) is 34.9. The molecule has 49 heavy (non-hydrogen) atoms. The predicted octanol–water partition coefficient (Wildman–Crippen LogP) is 8.88. The number of aromatic carboxylic acids is 1. The number of amides is 3. The normalized spacial score (nSPS) is 11.7. The maximum atomic E-state index is 13.7. The highest BCUT2D eigenvalue weighted by atomic mass is 35.5. The number of carboxylic acid groups (broad SMARTS) is 1. The van der Waals surface area contributed by atoms with Gasteiger partial charge < -0.3 is 21.1 Å². The van der Waals surface area contributed by atoms with Crippen molar-refractivity contribution in [1.29, 1.82) is 0 Å². The van der Waals surface area contributed by atoms with E-state index < -0.39 is 23.0 Å². The van der Waals surface area contributed by atoms with Gasteiger partial charge in [0.05, 0.1) is 5.56 Å². The van der Waals surface area contributed by atoms with Crippen molar-refractivity contribution in [1.82, 2.24) is 5.32 Å². The summed E-state index contributed by atoms with van der Waals surface area (Å²) in [6.07, 6.45) is 1.41. The van der Waals surface area contributed by atoms with Crippen LogP contribution in [0.2, 0.25) is 10.0 Å². The fourth-order valence-electron chi connectivity index (χ4n) is 4.71. The lowest BCUT2D eigenvalue weighted by molar-refractivity contribution is -0.116. The van der Waals surface area contributed by atoms with Crippen LogP contribution in [0.25, 0.3) is 6.08 Å². The minimum Gasteiger partial charge on any atom is -0.478 e. The first-order valence-corrected chi connectivity index (χ1v) is 16.5. The summed E-state index contributed by atoms with van der Waals surface area (Å²) in [6, 6.07) is 34.0. The van der Waals surface area contributed by atoms with E-state index in [0.717, 1.165) is 5.56 Å². The van der Waals surface area contributed by atoms with Crippen LogP contribution in [-0.2, 0) is 9.59 Å². The SMILES string of the molecule is Cc1ccc(C(=O)O)cc1NC(=O)C(Sc1cccc(NC(=O)/C(=C\c2c(Cl)cccc2Cl)NC(=O)c2ccccc2)c1)c1ccccc1. The van der Waals surface area contributed by atoms with Gasteiger partial charge in [0.1, 0.15) is 10.9 Å². The Kier molecular flexibility index (Phi) is 11.5. The molecule has 4 N–H and O–H groups in total. The number of benzene rings is 5. The molecule has 1 unspecified atom stereocenters. The molecule has 0 aromatic heterocycles. The molecule has 246 valence electrons. The summed E-state index contributed by atoms with van der Waals surface area (Å²) in [5.41, 5.74) is 2.88. The number of nitrogens with one attached hydrogen (secondary N) is 3. The van der Waals surface area contributed by atoms with Gasteiger partial charge in [-0.3, -0.25) is 14.4 Å². The topological polar surface area (TPSA) is 125 Å². The molecule has 11 heteroatoms. The largest absolute Gasteiger partial charge is 0.478 e. The molecule has 0 aliphatic rings. The molecule has 1 atom stereocenters. The Balaban J connectivity index is 1.41. The zero-order valence-corrected chi connectivity index (χ0v) is 28.3. The van der Waals surface area contributed by atoms with Crippen molar-refractivity contribution >= 4 is 76.1 Å². The number of thioether (sulfide) groups is 1. The molecule has 5 aromatic rings. The fourth-order valence-corrected chi connectivity index (χ4v) is 6.30. The van der Waals surface area contributed by atoms with E-state index in [9.17, 15) is 24.3 Å². The molecule has 8 nitrogen and oxygen atoms in total. The van der Waals surface area contributed by atoms with Crippen molar-refractivity contribution in [2.75, 3.05) is 10.6 Å². The van der Waals surface area contributed by atoms with Crippen molar-refractivity contribution in [3.8, 4) is 0 Å². The smallest absolute Gasteiger partial charge is 0.335 e. The Labute approximate surface area is 297 Å². The van der Waals surface area contributed by atoms with Crippen LogP contribution in [0.15, 0.2) is 132 Å². The lowest BCUT2D eigenvalue weighted by atomic mass is 10.1. The number of anilines is 2. The third-order valence-electron chi connectivity index (χ3n) is 7.25. The van der Waals surface area contributed by atoms with Crippen LogP contribution in [0, 0.1) is 6.92 Å². The van der Waals surface area contributed by atoms with Crippen molar-refractivity contribution in [3.05, 3.63) is 165 Å². The number of carboxylic acids is 1. The molecule has 0 saturated carbocycles. The van der Waals surface area contributed by atoms with Gasteiger partial charge in [-0.2, -0.15) is 0 Å². The second kappa shape index (κ2) is 16.2. The molecule has 0 fully saturated rings. The van der Waals surface area contributed by atoms with E-state index in [0.29, 0.717) is 43.0 Å². The predicted molar refractivity (Wildman–Crippen MR) is 195 cm³/mol. The molecule has 0 aliphatic carbocycles. The Morgan fingerprint density at radius 3 is 2.06 bits per heavy atom. The van der Waals surface area contributed by atoms with Crippen LogP contribution in [0.1, 0.15) is 42.7 Å². The third-order valence-corrected chi connectivity index (χ3v) is 9.15. The van der Waals surface area contributed by atoms with E-state index in [2.05, 4.69) is 16.0 Å². The third kappa shape index (κ3) is 9.17. The van der Waals surface area contributed by atoms with Gasteiger partial charge in [-0.15, -0.1) is 11.8 Å². The minimum absolute atomic E-state index is 0.0541. The van der Waals surface area contributed by atoms with E-state index in [1.807, 2.05) is 30.3 Å². The van der Waals surface area contributed by atoms with Gasteiger partial charge in [-0.1, -0.05) is 89.9 Å². The Morgan fingerprint density at radius 2 is 1.39 bits per heavy atom. The first-order valence-electron chi connectivity index (χ1n) is 14.9. The number of carbonyl (C=O) groups is 4. The van der Waals surface area contributed by atoms with Crippen LogP contribution in [0.5, 0.6) is 0 Å². The van der Waals surface area contributed by atoms with Crippen molar-refractivity contribution < 1.29 is 24.3 Å². The minimum atomic E-state index is -1.10. The lowest BCUT2D eigenvalue weighted by Gasteiger charge is -2.19. The molecule has 5 rings (SSSR count). The van der Waals surface area contributed by atoms with Crippen molar-refractivity contribution in [2.45, 2.75) is 17.1 Å². The molecule has 3 amide bonds. The van der Waals surface area contributed by atoms with Gasteiger partial charge >= 0.3 is 5.97 Å². The van der Waals surface area contributed by atoms with E-state index in [1.165, 1.54) is 30.0 Å². The standard InChI is InChI=1S/C38H29Cl2N3O5S/c1-23-18-19-26(38(47)48)20-32(23)42-37(46)34(24-10-4-2-5-11-24)49-28-15-8-14-27(21-28)41-36(45)33(22-29-30(39)16-9-17-31(29)40)43-35(44)25-12-6-3-7-13-25/h2-22,34H,1H3,(H,41,45)(H,42,46)(H,43,44)(H,47,48)/b33-22+. The summed E-state index contributed by atoms with van der Waals surface area (Å²) in [6.45, 7) is 1.78. The lowest BCUT2D eigenvalue weighted by Crippen LogP contribution is -2.30. The zero-order valence-electron chi connectivity index (χ0n) is 25.9. The number of hydrogen-bond acceptors (Lipinski definition) is 5. The second-order valence-electron chi connectivity index (χ2n) is 10.7. The summed E-state index contributed by atoms with van der Waals surface area (Å²) in [4.78, 5) is 52.7. The fraction of sp³-hybridized carbons (Fsp3) is 0.0526. The van der Waals surface area contributed by atoms with Crippen molar-refractivity contribution in [3.63, 3.8) is 0 Å².